The molecular formula is C12H13NO2. The van der Waals surface area contributed by atoms with Crippen molar-refractivity contribution in [3.05, 3.63) is 30.5 Å². The minimum Gasteiger partial charge on any atom is -0.507 e. The summed E-state index contributed by atoms with van der Waals surface area (Å²) < 4.78 is 5.50. The summed E-state index contributed by atoms with van der Waals surface area (Å²) >= 11 is 0. The first-order chi connectivity index (χ1) is 7.33. The molecule has 0 aliphatic heterocycles. The van der Waals surface area contributed by atoms with Gasteiger partial charge in [0.2, 0.25) is 5.88 Å². The van der Waals surface area contributed by atoms with Crippen molar-refractivity contribution in [2.75, 3.05) is 6.61 Å². The molecule has 2 rings (SSSR count). The zero-order valence-corrected chi connectivity index (χ0v) is 8.60. The Morgan fingerprint density at radius 2 is 2.13 bits per heavy atom. The maximum Gasteiger partial charge on any atom is 0.221 e. The quantitative estimate of drug-likeness (QED) is 0.834. The van der Waals surface area contributed by atoms with Crippen LogP contribution in [0.3, 0.4) is 0 Å². The van der Waals surface area contributed by atoms with E-state index < -0.39 is 0 Å². The summed E-state index contributed by atoms with van der Waals surface area (Å²) in [6, 6.07) is 7.13. The first-order valence-electron chi connectivity index (χ1n) is 5.02. The van der Waals surface area contributed by atoms with Crippen LogP contribution < -0.4 is 4.74 Å². The van der Waals surface area contributed by atoms with Crippen molar-refractivity contribution in [1.29, 1.82) is 0 Å². The van der Waals surface area contributed by atoms with Crippen molar-refractivity contribution in [3.63, 3.8) is 0 Å². The molecule has 0 aliphatic rings. The maximum absolute atomic E-state index is 9.64. The Balaban J connectivity index is 2.51. The Morgan fingerprint density at radius 3 is 2.93 bits per heavy atom. The number of phenolic OH excluding ortho intramolecular Hbond substituents is 1. The highest BCUT2D eigenvalue weighted by Gasteiger charge is 2.05. The van der Waals surface area contributed by atoms with E-state index in [-0.39, 0.29) is 5.75 Å². The second kappa shape index (κ2) is 4.17. The molecule has 1 heterocycles. The molecule has 3 heteroatoms. The first kappa shape index (κ1) is 9.77. The van der Waals surface area contributed by atoms with E-state index in [0.29, 0.717) is 12.5 Å². The molecule has 3 nitrogen and oxygen atoms in total. The van der Waals surface area contributed by atoms with Crippen molar-refractivity contribution in [2.45, 2.75) is 13.3 Å². The van der Waals surface area contributed by atoms with E-state index in [1.807, 2.05) is 13.0 Å². The molecule has 0 spiro atoms. The van der Waals surface area contributed by atoms with Crippen LogP contribution in [0.5, 0.6) is 11.6 Å². The fraction of sp³-hybridized carbons (Fsp3) is 0.250. The average Bonchev–Trinajstić information content (AvgIpc) is 2.27. The molecule has 0 unspecified atom stereocenters. The molecular weight excluding hydrogens is 190 g/mol. The van der Waals surface area contributed by atoms with Gasteiger partial charge in [-0.25, -0.2) is 4.98 Å². The Bertz CT molecular complexity index is 468. The lowest BCUT2D eigenvalue weighted by Crippen LogP contribution is -1.97. The van der Waals surface area contributed by atoms with Crippen LogP contribution in [0.25, 0.3) is 10.8 Å². The summed E-state index contributed by atoms with van der Waals surface area (Å²) in [6.45, 7) is 2.68. The topological polar surface area (TPSA) is 42.4 Å². The lowest BCUT2D eigenvalue weighted by Gasteiger charge is -2.07. The Hall–Kier alpha value is -1.77. The zero-order valence-electron chi connectivity index (χ0n) is 8.60. The molecule has 0 amide bonds. The molecule has 0 bridgehead atoms. The second-order valence-electron chi connectivity index (χ2n) is 3.34. The van der Waals surface area contributed by atoms with Crippen molar-refractivity contribution < 1.29 is 9.84 Å². The van der Waals surface area contributed by atoms with Gasteiger partial charge in [-0.05, 0) is 24.6 Å². The van der Waals surface area contributed by atoms with Crippen LogP contribution in [0, 0.1) is 0 Å². The van der Waals surface area contributed by atoms with Crippen LogP contribution in [0.2, 0.25) is 0 Å². The van der Waals surface area contributed by atoms with Crippen LogP contribution in [0.15, 0.2) is 30.5 Å². The molecule has 0 atom stereocenters. The molecule has 78 valence electrons. The number of hydrogen-bond acceptors (Lipinski definition) is 3. The molecule has 15 heavy (non-hydrogen) atoms. The number of phenols is 1. The summed E-state index contributed by atoms with van der Waals surface area (Å²) in [6.07, 6.45) is 2.59. The minimum atomic E-state index is 0.260. The number of aromatic nitrogens is 1. The van der Waals surface area contributed by atoms with E-state index in [1.165, 1.54) is 0 Å². The van der Waals surface area contributed by atoms with Gasteiger partial charge < -0.3 is 9.84 Å². The standard InChI is InChI=1S/C12H13NO2/c1-2-8-15-12-10-4-3-5-11(14)9(10)6-7-13-12/h3-7,14H,2,8H2,1H3. The smallest absolute Gasteiger partial charge is 0.221 e. The number of benzene rings is 1. The molecule has 0 fully saturated rings. The average molecular weight is 203 g/mol. The van der Waals surface area contributed by atoms with Gasteiger partial charge in [-0.15, -0.1) is 0 Å². The van der Waals surface area contributed by atoms with Gasteiger partial charge in [-0.2, -0.15) is 0 Å². The third kappa shape index (κ3) is 1.86. The molecule has 2 aromatic rings. The molecule has 0 aliphatic carbocycles. The number of rotatable bonds is 3. The van der Waals surface area contributed by atoms with Crippen molar-refractivity contribution in [3.8, 4) is 11.6 Å². The van der Waals surface area contributed by atoms with E-state index in [4.69, 9.17) is 4.74 Å². The molecule has 0 saturated heterocycles. The van der Waals surface area contributed by atoms with E-state index in [1.54, 1.807) is 24.4 Å². The molecule has 0 radical (unpaired) electrons. The number of fused-ring (bicyclic) bond motifs is 1. The minimum absolute atomic E-state index is 0.260. The number of hydrogen-bond donors (Lipinski definition) is 1. The number of aromatic hydroxyl groups is 1. The predicted octanol–water partition coefficient (Wildman–Crippen LogP) is 2.73. The van der Waals surface area contributed by atoms with E-state index in [2.05, 4.69) is 4.98 Å². The van der Waals surface area contributed by atoms with Gasteiger partial charge in [-0.1, -0.05) is 13.0 Å². The third-order valence-corrected chi connectivity index (χ3v) is 2.19. The summed E-state index contributed by atoms with van der Waals surface area (Å²) in [7, 11) is 0. The lowest BCUT2D eigenvalue weighted by molar-refractivity contribution is 0.309. The fourth-order valence-electron chi connectivity index (χ4n) is 1.48. The molecule has 1 aromatic carbocycles. The van der Waals surface area contributed by atoms with Crippen LogP contribution >= 0.6 is 0 Å². The number of nitrogens with zero attached hydrogens (tertiary/aromatic N) is 1. The van der Waals surface area contributed by atoms with E-state index >= 15 is 0 Å². The van der Waals surface area contributed by atoms with Gasteiger partial charge >= 0.3 is 0 Å². The SMILES string of the molecule is CCCOc1nccc2c(O)cccc12. The van der Waals surface area contributed by atoms with Crippen molar-refractivity contribution in [1.82, 2.24) is 4.98 Å². The highest BCUT2D eigenvalue weighted by atomic mass is 16.5. The van der Waals surface area contributed by atoms with Gasteiger partial charge in [-0.3, -0.25) is 0 Å². The molecule has 0 saturated carbocycles. The van der Waals surface area contributed by atoms with Crippen molar-refractivity contribution in [2.24, 2.45) is 0 Å². The van der Waals surface area contributed by atoms with Gasteiger partial charge in [0.25, 0.3) is 0 Å². The monoisotopic (exact) mass is 203 g/mol. The van der Waals surface area contributed by atoms with Gasteiger partial charge in [0.1, 0.15) is 5.75 Å². The van der Waals surface area contributed by atoms with Gasteiger partial charge in [0.05, 0.1) is 6.61 Å². The summed E-state index contributed by atoms with van der Waals surface area (Å²) in [5.74, 6) is 0.849. The molecule has 1 N–H and O–H groups in total. The fourth-order valence-corrected chi connectivity index (χ4v) is 1.48. The Morgan fingerprint density at radius 1 is 1.27 bits per heavy atom. The normalized spacial score (nSPS) is 10.5. The summed E-state index contributed by atoms with van der Waals surface area (Å²) in [5.41, 5.74) is 0. The van der Waals surface area contributed by atoms with Crippen LogP contribution in [-0.2, 0) is 0 Å². The van der Waals surface area contributed by atoms with Gasteiger partial charge in [0, 0.05) is 17.0 Å². The van der Waals surface area contributed by atoms with Gasteiger partial charge in [0.15, 0.2) is 0 Å². The highest BCUT2D eigenvalue weighted by Crippen LogP contribution is 2.29. The number of pyridine rings is 1. The zero-order chi connectivity index (χ0) is 10.7. The largest absolute Gasteiger partial charge is 0.507 e. The summed E-state index contributed by atoms with van der Waals surface area (Å²) in [5, 5.41) is 11.3. The first-order valence-corrected chi connectivity index (χ1v) is 5.02. The van der Waals surface area contributed by atoms with E-state index in [9.17, 15) is 5.11 Å². The summed E-state index contributed by atoms with van der Waals surface area (Å²) in [4.78, 5) is 4.15. The Kier molecular flexibility index (Phi) is 2.72. The Labute approximate surface area is 88.3 Å². The maximum atomic E-state index is 9.64. The predicted molar refractivity (Wildman–Crippen MR) is 59.2 cm³/mol. The second-order valence-corrected chi connectivity index (χ2v) is 3.34. The number of ether oxygens (including phenoxy) is 1. The van der Waals surface area contributed by atoms with Crippen LogP contribution in [-0.4, -0.2) is 16.7 Å². The molecule has 1 aromatic heterocycles. The third-order valence-electron chi connectivity index (χ3n) is 2.19. The van der Waals surface area contributed by atoms with Crippen LogP contribution in [0.1, 0.15) is 13.3 Å². The van der Waals surface area contributed by atoms with Crippen molar-refractivity contribution >= 4 is 10.8 Å². The van der Waals surface area contributed by atoms with Crippen LogP contribution in [0.4, 0.5) is 0 Å². The van der Waals surface area contributed by atoms with E-state index in [0.717, 1.165) is 17.2 Å². The lowest BCUT2D eigenvalue weighted by atomic mass is 10.1. The highest BCUT2D eigenvalue weighted by molar-refractivity contribution is 5.91.